The first-order valence-corrected chi connectivity index (χ1v) is 9.13. The average Bonchev–Trinajstić information content (AvgIpc) is 3.29. The van der Waals surface area contributed by atoms with Crippen LogP contribution in [0.25, 0.3) is 11.0 Å². The van der Waals surface area contributed by atoms with Crippen LogP contribution in [0, 0.1) is 5.92 Å². The van der Waals surface area contributed by atoms with Gasteiger partial charge >= 0.3 is 0 Å². The van der Waals surface area contributed by atoms with Gasteiger partial charge in [-0.2, -0.15) is 0 Å². The first kappa shape index (κ1) is 16.8. The van der Waals surface area contributed by atoms with Gasteiger partial charge in [-0.25, -0.2) is 4.98 Å². The van der Waals surface area contributed by atoms with E-state index >= 15 is 0 Å². The van der Waals surface area contributed by atoms with Crippen molar-refractivity contribution in [3.63, 3.8) is 0 Å². The van der Waals surface area contributed by atoms with Crippen LogP contribution >= 0.6 is 0 Å². The van der Waals surface area contributed by atoms with E-state index in [0.717, 1.165) is 55.1 Å². The molecule has 6 nitrogen and oxygen atoms in total. The number of benzene rings is 1. The first-order chi connectivity index (χ1) is 12.7. The number of amides is 1. The Hall–Kier alpha value is -2.60. The van der Waals surface area contributed by atoms with E-state index in [-0.39, 0.29) is 11.8 Å². The van der Waals surface area contributed by atoms with Crippen molar-refractivity contribution in [1.29, 1.82) is 0 Å². The summed E-state index contributed by atoms with van der Waals surface area (Å²) in [5.74, 6) is 2.08. The van der Waals surface area contributed by atoms with E-state index in [0.29, 0.717) is 6.54 Å². The number of furan rings is 1. The molecule has 0 bridgehead atoms. The number of fused-ring (bicyclic) bond motifs is 1. The number of carbonyl (C=O) groups excluding carboxylic acids is 1. The fourth-order valence-corrected chi connectivity index (χ4v) is 3.62. The summed E-state index contributed by atoms with van der Waals surface area (Å²) in [6, 6.07) is 11.9. The predicted molar refractivity (Wildman–Crippen MR) is 99.3 cm³/mol. The maximum absolute atomic E-state index is 12.3. The number of imidazole rings is 1. The summed E-state index contributed by atoms with van der Waals surface area (Å²) >= 11 is 0. The van der Waals surface area contributed by atoms with Crippen LogP contribution in [0.3, 0.4) is 0 Å². The molecule has 0 atom stereocenters. The molecule has 0 spiro atoms. The SMILES string of the molecule is Cn1c(CN2CCC(C(=O)NCc3ccco3)CC2)nc2ccccc21. The molecule has 1 fully saturated rings. The monoisotopic (exact) mass is 352 g/mol. The molecular weight excluding hydrogens is 328 g/mol. The van der Waals surface area contributed by atoms with E-state index < -0.39 is 0 Å². The van der Waals surface area contributed by atoms with Crippen LogP contribution in [-0.4, -0.2) is 33.4 Å². The minimum absolute atomic E-state index is 0.0849. The van der Waals surface area contributed by atoms with Crippen molar-refractivity contribution in [2.75, 3.05) is 13.1 Å². The lowest BCUT2D eigenvalue weighted by molar-refractivity contribution is -0.126. The van der Waals surface area contributed by atoms with Gasteiger partial charge in [0.15, 0.2) is 0 Å². The molecule has 26 heavy (non-hydrogen) atoms. The van der Waals surface area contributed by atoms with Gasteiger partial charge in [0.2, 0.25) is 5.91 Å². The average molecular weight is 352 g/mol. The highest BCUT2D eigenvalue weighted by molar-refractivity contribution is 5.78. The Morgan fingerprint density at radius 1 is 1.23 bits per heavy atom. The highest BCUT2D eigenvalue weighted by atomic mass is 16.3. The molecule has 1 aliphatic rings. The molecule has 0 aliphatic carbocycles. The summed E-state index contributed by atoms with van der Waals surface area (Å²) in [5, 5.41) is 2.98. The van der Waals surface area contributed by atoms with E-state index in [1.807, 2.05) is 24.3 Å². The second kappa shape index (κ2) is 7.33. The topological polar surface area (TPSA) is 63.3 Å². The smallest absolute Gasteiger partial charge is 0.223 e. The number of nitrogens with zero attached hydrogens (tertiary/aromatic N) is 3. The Bertz CT molecular complexity index is 876. The van der Waals surface area contributed by atoms with Crippen molar-refractivity contribution in [2.24, 2.45) is 13.0 Å². The summed E-state index contributed by atoms with van der Waals surface area (Å²) in [6.07, 6.45) is 3.39. The van der Waals surface area contributed by atoms with Gasteiger partial charge in [-0.1, -0.05) is 12.1 Å². The third kappa shape index (κ3) is 3.51. The lowest BCUT2D eigenvalue weighted by Gasteiger charge is -2.30. The second-order valence-corrected chi connectivity index (χ2v) is 6.92. The molecule has 1 aliphatic heterocycles. The largest absolute Gasteiger partial charge is 0.467 e. The van der Waals surface area contributed by atoms with Gasteiger partial charge < -0.3 is 14.3 Å². The van der Waals surface area contributed by atoms with Crippen LogP contribution in [0.5, 0.6) is 0 Å². The summed E-state index contributed by atoms with van der Waals surface area (Å²) in [7, 11) is 2.07. The van der Waals surface area contributed by atoms with Crippen LogP contribution in [0.1, 0.15) is 24.4 Å². The maximum Gasteiger partial charge on any atom is 0.223 e. The predicted octanol–water partition coefficient (Wildman–Crippen LogP) is 2.69. The maximum atomic E-state index is 12.3. The molecule has 136 valence electrons. The Kier molecular flexibility index (Phi) is 4.75. The number of hydrogen-bond acceptors (Lipinski definition) is 4. The Labute approximate surface area is 152 Å². The molecule has 0 unspecified atom stereocenters. The number of aromatic nitrogens is 2. The zero-order valence-corrected chi connectivity index (χ0v) is 15.0. The summed E-state index contributed by atoms with van der Waals surface area (Å²) in [5.41, 5.74) is 2.20. The van der Waals surface area contributed by atoms with E-state index in [1.165, 1.54) is 0 Å². The molecule has 3 aromatic rings. The second-order valence-electron chi connectivity index (χ2n) is 6.92. The van der Waals surface area contributed by atoms with Crippen molar-refractivity contribution in [3.05, 3.63) is 54.2 Å². The normalized spacial score (nSPS) is 16.2. The van der Waals surface area contributed by atoms with Crippen LogP contribution in [0.2, 0.25) is 0 Å². The van der Waals surface area contributed by atoms with Crippen LogP contribution < -0.4 is 5.32 Å². The summed E-state index contributed by atoms with van der Waals surface area (Å²) in [4.78, 5) is 19.5. The quantitative estimate of drug-likeness (QED) is 0.767. The summed E-state index contributed by atoms with van der Waals surface area (Å²) in [6.45, 7) is 3.13. The van der Waals surface area contributed by atoms with Crippen LogP contribution in [0.15, 0.2) is 47.1 Å². The lowest BCUT2D eigenvalue weighted by atomic mass is 9.96. The number of likely N-dealkylation sites (tertiary alicyclic amines) is 1. The van der Waals surface area contributed by atoms with Gasteiger partial charge in [0.25, 0.3) is 0 Å². The highest BCUT2D eigenvalue weighted by Crippen LogP contribution is 2.21. The molecule has 1 N–H and O–H groups in total. The van der Waals surface area contributed by atoms with Gasteiger partial charge in [0.1, 0.15) is 11.6 Å². The van der Waals surface area contributed by atoms with Crippen molar-refractivity contribution in [2.45, 2.75) is 25.9 Å². The molecule has 4 rings (SSSR count). The first-order valence-electron chi connectivity index (χ1n) is 9.13. The molecule has 0 saturated carbocycles. The number of nitrogens with one attached hydrogen (secondary N) is 1. The zero-order chi connectivity index (χ0) is 17.9. The number of rotatable bonds is 5. The van der Waals surface area contributed by atoms with E-state index in [9.17, 15) is 4.79 Å². The van der Waals surface area contributed by atoms with Gasteiger partial charge in [-0.3, -0.25) is 9.69 Å². The van der Waals surface area contributed by atoms with Gasteiger partial charge in [-0.05, 0) is 50.2 Å². The van der Waals surface area contributed by atoms with Gasteiger partial charge in [-0.15, -0.1) is 0 Å². The van der Waals surface area contributed by atoms with Crippen LogP contribution in [0.4, 0.5) is 0 Å². The lowest BCUT2D eigenvalue weighted by Crippen LogP contribution is -2.40. The van der Waals surface area contributed by atoms with E-state index in [2.05, 4.69) is 34.0 Å². The molecule has 3 heterocycles. The van der Waals surface area contributed by atoms with Crippen molar-refractivity contribution < 1.29 is 9.21 Å². The van der Waals surface area contributed by atoms with Crippen LogP contribution in [-0.2, 0) is 24.9 Å². The van der Waals surface area contributed by atoms with Crippen molar-refractivity contribution >= 4 is 16.9 Å². The van der Waals surface area contributed by atoms with Gasteiger partial charge in [0, 0.05) is 13.0 Å². The van der Waals surface area contributed by atoms with E-state index in [1.54, 1.807) is 6.26 Å². The summed E-state index contributed by atoms with van der Waals surface area (Å²) < 4.78 is 7.42. The standard InChI is InChI=1S/C20H24N4O2/c1-23-18-7-3-2-6-17(18)22-19(23)14-24-10-8-15(9-11-24)20(25)21-13-16-5-4-12-26-16/h2-7,12,15H,8-11,13-14H2,1H3,(H,21,25). The molecule has 2 aromatic heterocycles. The molecule has 6 heteroatoms. The number of piperidine rings is 1. The number of para-hydroxylation sites is 2. The minimum atomic E-state index is 0.0849. The van der Waals surface area contributed by atoms with Gasteiger partial charge in [0.05, 0.1) is 30.4 Å². The molecule has 1 amide bonds. The van der Waals surface area contributed by atoms with E-state index in [4.69, 9.17) is 9.40 Å². The molecule has 1 aromatic carbocycles. The zero-order valence-electron chi connectivity index (χ0n) is 15.0. The number of carbonyl (C=O) groups is 1. The van der Waals surface area contributed by atoms with Crippen molar-refractivity contribution in [1.82, 2.24) is 19.8 Å². The Morgan fingerprint density at radius 3 is 2.77 bits per heavy atom. The third-order valence-electron chi connectivity index (χ3n) is 5.22. The van der Waals surface area contributed by atoms with Crippen molar-refractivity contribution in [3.8, 4) is 0 Å². The third-order valence-corrected chi connectivity index (χ3v) is 5.22. The minimum Gasteiger partial charge on any atom is -0.467 e. The highest BCUT2D eigenvalue weighted by Gasteiger charge is 2.25. The Morgan fingerprint density at radius 2 is 2.04 bits per heavy atom. The fraction of sp³-hybridized carbons (Fsp3) is 0.400. The molecule has 0 radical (unpaired) electrons. The Balaban J connectivity index is 1.30. The number of aryl methyl sites for hydroxylation is 1. The molecular formula is C20H24N4O2. The number of hydrogen-bond donors (Lipinski definition) is 1. The fourth-order valence-electron chi connectivity index (χ4n) is 3.62. The molecule has 1 saturated heterocycles.